The molecule has 0 saturated carbocycles. The number of nitrogens with zero attached hydrogens (tertiary/aromatic N) is 4. The van der Waals surface area contributed by atoms with Crippen LogP contribution in [0, 0.1) is 0 Å². The molecule has 1 aliphatic heterocycles. The molecule has 7 heteroatoms. The van der Waals surface area contributed by atoms with E-state index in [9.17, 15) is 4.79 Å². The molecule has 1 amide bonds. The Hall–Kier alpha value is -2.67. The minimum atomic E-state index is -0.0569. The number of hydrogen-bond acceptors (Lipinski definition) is 4. The zero-order chi connectivity index (χ0) is 17.2. The van der Waals surface area contributed by atoms with E-state index in [1.165, 1.54) is 0 Å². The molecule has 0 spiro atoms. The fourth-order valence-electron chi connectivity index (χ4n) is 3.36. The number of amides is 1. The van der Waals surface area contributed by atoms with E-state index in [1.807, 2.05) is 52.1 Å². The minimum Gasteiger partial charge on any atom is -0.348 e. The Kier molecular flexibility index (Phi) is 4.23. The average Bonchev–Trinajstić information content (AvgIpc) is 3.27. The Morgan fingerprint density at radius 1 is 1.36 bits per heavy atom. The van der Waals surface area contributed by atoms with Crippen LogP contribution in [0.4, 0.5) is 0 Å². The molecule has 1 saturated heterocycles. The van der Waals surface area contributed by atoms with Crippen molar-refractivity contribution < 1.29 is 4.79 Å². The van der Waals surface area contributed by atoms with Crippen LogP contribution < -0.4 is 10.6 Å². The summed E-state index contributed by atoms with van der Waals surface area (Å²) < 4.78 is 3.90. The Morgan fingerprint density at radius 3 is 3.08 bits per heavy atom. The van der Waals surface area contributed by atoms with Crippen LogP contribution in [-0.2, 0) is 17.9 Å². The van der Waals surface area contributed by atoms with Gasteiger partial charge in [-0.2, -0.15) is 5.10 Å². The SMILES string of the molecule is CCn1cc([C@@H]2NC(=O)CC[C@H]2NCc2cn3ccccc3n2)cn1. The van der Waals surface area contributed by atoms with E-state index in [1.54, 1.807) is 0 Å². The monoisotopic (exact) mass is 338 g/mol. The van der Waals surface area contributed by atoms with E-state index in [0.29, 0.717) is 13.0 Å². The number of pyridine rings is 1. The minimum absolute atomic E-state index is 0.0569. The third-order valence-electron chi connectivity index (χ3n) is 4.70. The molecule has 7 nitrogen and oxygen atoms in total. The van der Waals surface area contributed by atoms with Crippen molar-refractivity contribution in [1.82, 2.24) is 29.8 Å². The fraction of sp³-hybridized carbons (Fsp3) is 0.389. The van der Waals surface area contributed by atoms with Gasteiger partial charge in [0.2, 0.25) is 5.91 Å². The summed E-state index contributed by atoms with van der Waals surface area (Å²) in [5, 5.41) is 11.0. The zero-order valence-electron chi connectivity index (χ0n) is 14.2. The van der Waals surface area contributed by atoms with Crippen molar-refractivity contribution in [3.8, 4) is 0 Å². The first-order chi connectivity index (χ1) is 12.2. The van der Waals surface area contributed by atoms with Crippen molar-refractivity contribution >= 4 is 11.6 Å². The lowest BCUT2D eigenvalue weighted by atomic mass is 9.93. The molecule has 0 radical (unpaired) electrons. The van der Waals surface area contributed by atoms with E-state index in [0.717, 1.165) is 29.9 Å². The maximum atomic E-state index is 11.9. The highest BCUT2D eigenvalue weighted by Gasteiger charge is 2.30. The molecular formula is C18H22N6O. The van der Waals surface area contributed by atoms with E-state index >= 15 is 0 Å². The first kappa shape index (κ1) is 15.8. The first-order valence-electron chi connectivity index (χ1n) is 8.70. The molecular weight excluding hydrogens is 316 g/mol. The predicted molar refractivity (Wildman–Crippen MR) is 93.8 cm³/mol. The second-order valence-corrected chi connectivity index (χ2v) is 6.40. The number of imidazole rings is 1. The number of hydrogen-bond donors (Lipinski definition) is 2. The molecule has 2 atom stereocenters. The summed E-state index contributed by atoms with van der Waals surface area (Å²) in [5.41, 5.74) is 2.98. The lowest BCUT2D eigenvalue weighted by Crippen LogP contribution is -2.48. The van der Waals surface area contributed by atoms with Crippen molar-refractivity contribution in [3.05, 3.63) is 54.2 Å². The third kappa shape index (κ3) is 3.28. The third-order valence-corrected chi connectivity index (χ3v) is 4.70. The molecule has 1 aliphatic rings. The topological polar surface area (TPSA) is 76.2 Å². The van der Waals surface area contributed by atoms with Crippen LogP contribution in [0.15, 0.2) is 43.0 Å². The van der Waals surface area contributed by atoms with Crippen LogP contribution in [0.1, 0.15) is 37.1 Å². The Labute approximate surface area is 146 Å². The van der Waals surface area contributed by atoms with E-state index in [2.05, 4.69) is 27.6 Å². The summed E-state index contributed by atoms with van der Waals surface area (Å²) in [7, 11) is 0. The summed E-state index contributed by atoms with van der Waals surface area (Å²) in [6, 6.07) is 6.07. The standard InChI is InChI=1S/C18H22N6O/c1-2-24-11-13(9-20-24)18-15(6-7-17(25)22-18)19-10-14-12-23-8-4-3-5-16(23)21-14/h3-5,8-9,11-12,15,18-19H,2,6-7,10H2,1H3,(H,22,25)/t15-,18+/m1/s1. The highest BCUT2D eigenvalue weighted by Crippen LogP contribution is 2.24. The molecule has 4 rings (SSSR count). The van der Waals surface area contributed by atoms with Gasteiger partial charge in [0.15, 0.2) is 0 Å². The number of piperidine rings is 1. The summed E-state index contributed by atoms with van der Waals surface area (Å²) in [5.74, 6) is 0.0972. The van der Waals surface area contributed by atoms with Crippen LogP contribution in [0.3, 0.4) is 0 Å². The van der Waals surface area contributed by atoms with Gasteiger partial charge in [-0.25, -0.2) is 4.98 Å². The van der Waals surface area contributed by atoms with Crippen molar-refractivity contribution in [2.75, 3.05) is 0 Å². The number of nitrogens with one attached hydrogen (secondary N) is 2. The molecule has 3 aromatic rings. The number of fused-ring (bicyclic) bond motifs is 1. The molecule has 0 unspecified atom stereocenters. The molecule has 2 N–H and O–H groups in total. The lowest BCUT2D eigenvalue weighted by molar-refractivity contribution is -0.123. The largest absolute Gasteiger partial charge is 0.348 e. The molecule has 3 aromatic heterocycles. The van der Waals surface area contributed by atoms with Gasteiger partial charge in [0.1, 0.15) is 5.65 Å². The summed E-state index contributed by atoms with van der Waals surface area (Å²) in [6.07, 6.45) is 9.24. The van der Waals surface area contributed by atoms with Gasteiger partial charge < -0.3 is 15.0 Å². The van der Waals surface area contributed by atoms with Gasteiger partial charge in [-0.15, -0.1) is 0 Å². The van der Waals surface area contributed by atoms with Gasteiger partial charge in [-0.1, -0.05) is 6.07 Å². The van der Waals surface area contributed by atoms with Crippen LogP contribution in [0.5, 0.6) is 0 Å². The van der Waals surface area contributed by atoms with E-state index in [4.69, 9.17) is 0 Å². The maximum Gasteiger partial charge on any atom is 0.220 e. The normalized spacial score (nSPS) is 20.8. The van der Waals surface area contributed by atoms with Gasteiger partial charge >= 0.3 is 0 Å². The molecule has 0 bridgehead atoms. The highest BCUT2D eigenvalue weighted by molar-refractivity contribution is 5.77. The van der Waals surface area contributed by atoms with Gasteiger partial charge in [0.05, 0.1) is 17.9 Å². The second kappa shape index (κ2) is 6.68. The van der Waals surface area contributed by atoms with E-state index in [-0.39, 0.29) is 18.0 Å². The number of carbonyl (C=O) groups excluding carboxylic acids is 1. The quantitative estimate of drug-likeness (QED) is 0.742. The Morgan fingerprint density at radius 2 is 2.28 bits per heavy atom. The lowest BCUT2D eigenvalue weighted by Gasteiger charge is -2.32. The summed E-state index contributed by atoms with van der Waals surface area (Å²) in [6.45, 7) is 3.54. The molecule has 1 fully saturated rings. The van der Waals surface area contributed by atoms with Crippen molar-refractivity contribution in [2.45, 2.75) is 44.9 Å². The summed E-state index contributed by atoms with van der Waals surface area (Å²) >= 11 is 0. The zero-order valence-corrected chi connectivity index (χ0v) is 14.2. The number of carbonyl (C=O) groups is 1. The van der Waals surface area contributed by atoms with Crippen molar-refractivity contribution in [1.29, 1.82) is 0 Å². The predicted octanol–water partition coefficient (Wildman–Crippen LogP) is 1.66. The van der Waals surface area contributed by atoms with Gasteiger partial charge in [-0.05, 0) is 25.5 Å². The van der Waals surface area contributed by atoms with Gasteiger partial charge in [-0.3, -0.25) is 9.48 Å². The molecule has 4 heterocycles. The molecule has 0 aromatic carbocycles. The second-order valence-electron chi connectivity index (χ2n) is 6.40. The summed E-state index contributed by atoms with van der Waals surface area (Å²) in [4.78, 5) is 16.5. The fourth-order valence-corrected chi connectivity index (χ4v) is 3.36. The van der Waals surface area contributed by atoms with Crippen LogP contribution in [0.2, 0.25) is 0 Å². The molecule has 25 heavy (non-hydrogen) atoms. The van der Waals surface area contributed by atoms with E-state index < -0.39 is 0 Å². The highest BCUT2D eigenvalue weighted by atomic mass is 16.1. The molecule has 130 valence electrons. The van der Waals surface area contributed by atoms with Crippen LogP contribution in [-0.4, -0.2) is 31.1 Å². The van der Waals surface area contributed by atoms with Crippen molar-refractivity contribution in [2.24, 2.45) is 0 Å². The maximum absolute atomic E-state index is 11.9. The number of rotatable bonds is 5. The smallest absolute Gasteiger partial charge is 0.220 e. The number of aromatic nitrogens is 4. The van der Waals surface area contributed by atoms with Gasteiger partial charge in [0, 0.05) is 49.7 Å². The van der Waals surface area contributed by atoms with Crippen molar-refractivity contribution in [3.63, 3.8) is 0 Å². The Balaban J connectivity index is 1.49. The van der Waals surface area contributed by atoms with Crippen LogP contribution in [0.25, 0.3) is 5.65 Å². The average molecular weight is 338 g/mol. The Bertz CT molecular complexity index is 849. The number of aryl methyl sites for hydroxylation is 1. The van der Waals surface area contributed by atoms with Gasteiger partial charge in [0.25, 0.3) is 0 Å². The molecule has 0 aliphatic carbocycles. The first-order valence-corrected chi connectivity index (χ1v) is 8.70. The van der Waals surface area contributed by atoms with Crippen LogP contribution >= 0.6 is 0 Å².